The second-order valence-electron chi connectivity index (χ2n) is 7.99. The Kier molecular flexibility index (Phi) is 6.60. The number of rotatable bonds is 7. The van der Waals surface area contributed by atoms with Crippen LogP contribution in [-0.2, 0) is 17.8 Å². The number of hydrogen-bond donors (Lipinski definition) is 2. The second-order valence-corrected chi connectivity index (χ2v) is 7.99. The molecular weight excluding hydrogens is 388 g/mol. The Labute approximate surface area is 183 Å². The third-order valence-corrected chi connectivity index (χ3v) is 5.45. The summed E-state index contributed by atoms with van der Waals surface area (Å²) in [4.78, 5) is 19.2. The number of fused-ring (bicyclic) bond motifs is 1. The molecular formula is C25H28N4O2. The molecule has 0 fully saturated rings. The van der Waals surface area contributed by atoms with Gasteiger partial charge in [-0.05, 0) is 67.0 Å². The average molecular weight is 417 g/mol. The zero-order chi connectivity index (χ0) is 21.6. The van der Waals surface area contributed by atoms with E-state index < -0.39 is 0 Å². The highest BCUT2D eigenvalue weighted by molar-refractivity contribution is 5.96. The van der Waals surface area contributed by atoms with E-state index in [-0.39, 0.29) is 11.9 Å². The number of pyridine rings is 1. The Morgan fingerprint density at radius 1 is 1.10 bits per heavy atom. The summed E-state index contributed by atoms with van der Waals surface area (Å²) >= 11 is 0. The van der Waals surface area contributed by atoms with E-state index in [4.69, 9.17) is 4.74 Å². The molecule has 0 unspecified atom stereocenters. The van der Waals surface area contributed by atoms with Gasteiger partial charge in [0, 0.05) is 25.5 Å². The Morgan fingerprint density at radius 3 is 2.65 bits per heavy atom. The molecule has 6 nitrogen and oxygen atoms in total. The average Bonchev–Trinajstić information content (AvgIpc) is 2.80. The van der Waals surface area contributed by atoms with Crippen LogP contribution in [0.5, 0.6) is 5.75 Å². The van der Waals surface area contributed by atoms with E-state index in [9.17, 15) is 4.79 Å². The molecule has 1 aliphatic heterocycles. The SMILES string of the molecule is CN(C)CCOc1cc(-c2ccncc2)ccc1NC(=O)[C@H]1Cc2ccccc2CN1. The molecule has 1 atom stereocenters. The zero-order valence-electron chi connectivity index (χ0n) is 18.0. The first-order chi connectivity index (χ1) is 15.1. The molecule has 1 aromatic heterocycles. The van der Waals surface area contributed by atoms with Crippen molar-refractivity contribution >= 4 is 11.6 Å². The summed E-state index contributed by atoms with van der Waals surface area (Å²) in [6, 6.07) is 17.8. The number of carbonyl (C=O) groups excluding carboxylic acids is 1. The van der Waals surface area contributed by atoms with Crippen LogP contribution in [0.1, 0.15) is 11.1 Å². The predicted molar refractivity (Wildman–Crippen MR) is 123 cm³/mol. The summed E-state index contributed by atoms with van der Waals surface area (Å²) in [6.45, 7) is 2.01. The molecule has 4 rings (SSSR count). The van der Waals surface area contributed by atoms with Gasteiger partial charge in [0.1, 0.15) is 12.4 Å². The predicted octanol–water partition coefficient (Wildman–Crippen LogP) is 3.34. The molecule has 0 saturated heterocycles. The van der Waals surface area contributed by atoms with Crippen LogP contribution in [0.15, 0.2) is 67.0 Å². The lowest BCUT2D eigenvalue weighted by Crippen LogP contribution is -2.44. The van der Waals surface area contributed by atoms with E-state index in [1.807, 2.05) is 56.6 Å². The van der Waals surface area contributed by atoms with Crippen LogP contribution in [-0.4, -0.2) is 49.1 Å². The molecule has 0 spiro atoms. The number of hydrogen-bond acceptors (Lipinski definition) is 5. The highest BCUT2D eigenvalue weighted by Crippen LogP contribution is 2.31. The number of likely N-dealkylation sites (N-methyl/N-ethyl adjacent to an activating group) is 1. The highest BCUT2D eigenvalue weighted by atomic mass is 16.5. The van der Waals surface area contributed by atoms with Gasteiger partial charge in [0.15, 0.2) is 0 Å². The van der Waals surface area contributed by atoms with Gasteiger partial charge in [0.05, 0.1) is 11.7 Å². The van der Waals surface area contributed by atoms with E-state index in [1.54, 1.807) is 12.4 Å². The van der Waals surface area contributed by atoms with E-state index in [2.05, 4.69) is 32.7 Å². The third kappa shape index (κ3) is 5.29. The van der Waals surface area contributed by atoms with Gasteiger partial charge in [-0.25, -0.2) is 0 Å². The van der Waals surface area contributed by atoms with Crippen LogP contribution in [0.3, 0.4) is 0 Å². The quantitative estimate of drug-likeness (QED) is 0.618. The van der Waals surface area contributed by atoms with Crippen molar-refractivity contribution in [1.29, 1.82) is 0 Å². The fourth-order valence-corrected chi connectivity index (χ4v) is 3.67. The van der Waals surface area contributed by atoms with Gasteiger partial charge in [0.25, 0.3) is 0 Å². The molecule has 2 aromatic carbocycles. The van der Waals surface area contributed by atoms with Crippen molar-refractivity contribution in [3.8, 4) is 16.9 Å². The minimum absolute atomic E-state index is 0.0522. The van der Waals surface area contributed by atoms with Gasteiger partial charge in [0.2, 0.25) is 5.91 Å². The Morgan fingerprint density at radius 2 is 1.87 bits per heavy atom. The Bertz CT molecular complexity index is 1040. The molecule has 0 aliphatic carbocycles. The van der Waals surface area contributed by atoms with Crippen molar-refractivity contribution in [2.45, 2.75) is 19.0 Å². The van der Waals surface area contributed by atoms with Crippen molar-refractivity contribution in [2.24, 2.45) is 0 Å². The zero-order valence-corrected chi connectivity index (χ0v) is 18.0. The van der Waals surface area contributed by atoms with E-state index in [1.165, 1.54) is 11.1 Å². The van der Waals surface area contributed by atoms with Crippen LogP contribution >= 0.6 is 0 Å². The molecule has 2 N–H and O–H groups in total. The summed E-state index contributed by atoms with van der Waals surface area (Å²) < 4.78 is 6.06. The fourth-order valence-electron chi connectivity index (χ4n) is 3.67. The van der Waals surface area contributed by atoms with Crippen molar-refractivity contribution in [2.75, 3.05) is 32.6 Å². The minimum Gasteiger partial charge on any atom is -0.490 e. The van der Waals surface area contributed by atoms with Crippen molar-refractivity contribution in [3.05, 3.63) is 78.1 Å². The molecule has 0 bridgehead atoms. The largest absolute Gasteiger partial charge is 0.490 e. The van der Waals surface area contributed by atoms with Gasteiger partial charge in [-0.15, -0.1) is 0 Å². The number of nitrogens with zero attached hydrogens (tertiary/aromatic N) is 2. The highest BCUT2D eigenvalue weighted by Gasteiger charge is 2.24. The molecule has 160 valence electrons. The maximum atomic E-state index is 13.0. The van der Waals surface area contributed by atoms with E-state index in [0.29, 0.717) is 31.0 Å². The third-order valence-electron chi connectivity index (χ3n) is 5.45. The fraction of sp³-hybridized carbons (Fsp3) is 0.280. The van der Waals surface area contributed by atoms with E-state index >= 15 is 0 Å². The van der Waals surface area contributed by atoms with Gasteiger partial charge >= 0.3 is 0 Å². The number of aromatic nitrogens is 1. The number of anilines is 1. The van der Waals surface area contributed by atoms with Gasteiger partial charge in [-0.1, -0.05) is 30.3 Å². The molecule has 0 radical (unpaired) electrons. The number of carbonyl (C=O) groups is 1. The summed E-state index contributed by atoms with van der Waals surface area (Å²) in [6.07, 6.45) is 4.21. The van der Waals surface area contributed by atoms with Crippen LogP contribution < -0.4 is 15.4 Å². The van der Waals surface area contributed by atoms with E-state index in [0.717, 1.165) is 17.7 Å². The lowest BCUT2D eigenvalue weighted by atomic mass is 9.95. The van der Waals surface area contributed by atoms with Crippen molar-refractivity contribution < 1.29 is 9.53 Å². The van der Waals surface area contributed by atoms with Crippen LogP contribution in [0.4, 0.5) is 5.69 Å². The minimum atomic E-state index is -0.274. The van der Waals surface area contributed by atoms with Gasteiger partial charge in [-0.2, -0.15) is 0 Å². The smallest absolute Gasteiger partial charge is 0.241 e. The van der Waals surface area contributed by atoms with Crippen LogP contribution in [0.2, 0.25) is 0 Å². The maximum absolute atomic E-state index is 13.0. The lowest BCUT2D eigenvalue weighted by molar-refractivity contribution is -0.118. The Balaban J connectivity index is 1.52. The number of nitrogens with one attached hydrogen (secondary N) is 2. The lowest BCUT2D eigenvalue weighted by Gasteiger charge is -2.25. The summed E-state index contributed by atoms with van der Waals surface area (Å²) in [5, 5.41) is 6.42. The first kappa shape index (κ1) is 21.0. The molecule has 31 heavy (non-hydrogen) atoms. The summed E-state index contributed by atoms with van der Waals surface area (Å²) in [5.74, 6) is 0.615. The number of amides is 1. The molecule has 1 amide bonds. The second kappa shape index (κ2) is 9.73. The number of benzene rings is 2. The van der Waals surface area contributed by atoms with Crippen LogP contribution in [0, 0.1) is 0 Å². The summed E-state index contributed by atoms with van der Waals surface area (Å²) in [7, 11) is 4.01. The Hall–Kier alpha value is -3.22. The molecule has 6 heteroatoms. The maximum Gasteiger partial charge on any atom is 0.241 e. The molecule has 0 saturated carbocycles. The standard InChI is InChI=1S/C25H28N4O2/c1-29(2)13-14-31-24-16-20(18-9-11-26-12-10-18)7-8-22(24)28-25(30)23-15-19-5-3-4-6-21(19)17-27-23/h3-12,16,23,27H,13-15,17H2,1-2H3,(H,28,30)/t23-/m1/s1. The van der Waals surface area contributed by atoms with Crippen LogP contribution in [0.25, 0.3) is 11.1 Å². The first-order valence-corrected chi connectivity index (χ1v) is 10.5. The first-order valence-electron chi connectivity index (χ1n) is 10.5. The molecule has 1 aliphatic rings. The summed E-state index contributed by atoms with van der Waals surface area (Å²) in [5.41, 5.74) is 5.22. The van der Waals surface area contributed by atoms with Crippen molar-refractivity contribution in [3.63, 3.8) is 0 Å². The van der Waals surface area contributed by atoms with Gasteiger partial charge < -0.3 is 20.3 Å². The van der Waals surface area contributed by atoms with Crippen molar-refractivity contribution in [1.82, 2.24) is 15.2 Å². The molecule has 2 heterocycles. The number of ether oxygens (including phenoxy) is 1. The monoisotopic (exact) mass is 416 g/mol. The topological polar surface area (TPSA) is 66.5 Å². The normalized spacial score (nSPS) is 15.4. The van der Waals surface area contributed by atoms with Gasteiger partial charge in [-0.3, -0.25) is 9.78 Å². The molecule has 3 aromatic rings.